The number of aromatic nitrogens is 4. The van der Waals surface area contributed by atoms with Gasteiger partial charge in [0.2, 0.25) is 11.8 Å². The van der Waals surface area contributed by atoms with Gasteiger partial charge in [-0.05, 0) is 17.7 Å². The molecule has 0 aliphatic heterocycles. The average Bonchev–Trinajstić information content (AvgIpc) is 2.78. The van der Waals surface area contributed by atoms with Crippen LogP contribution in [0.3, 0.4) is 0 Å². The van der Waals surface area contributed by atoms with Crippen LogP contribution < -0.4 is 29.6 Å². The van der Waals surface area contributed by atoms with E-state index in [1.54, 1.807) is 18.2 Å². The van der Waals surface area contributed by atoms with Gasteiger partial charge < -0.3 is 29.6 Å². The Morgan fingerprint density at radius 2 is 1.27 bits per heavy atom. The van der Waals surface area contributed by atoms with Crippen LogP contribution in [0.25, 0.3) is 0 Å². The SMILES string of the molecule is COc1cc(NC(Nc2cc(OC)nc(OC)n2)c2cccc(Cl)c2)nc(OC)n1. The lowest BCUT2D eigenvalue weighted by Gasteiger charge is -2.22. The molecule has 0 atom stereocenters. The van der Waals surface area contributed by atoms with Gasteiger partial charge in [-0.2, -0.15) is 19.9 Å². The second kappa shape index (κ2) is 9.79. The summed E-state index contributed by atoms with van der Waals surface area (Å²) in [5.41, 5.74) is 0.829. The fourth-order valence-corrected chi connectivity index (χ4v) is 2.73. The van der Waals surface area contributed by atoms with Gasteiger partial charge in [0.25, 0.3) is 0 Å². The monoisotopic (exact) mass is 432 g/mol. The van der Waals surface area contributed by atoms with Crippen LogP contribution in [0, 0.1) is 0 Å². The maximum atomic E-state index is 6.20. The standard InChI is InChI=1S/C19H21ClN6O4/c1-27-15-9-13(23-18(25-15)29-3)21-17(11-6-5-7-12(20)8-11)22-14-10-16(28-2)26-19(24-14)30-4/h5-10,17H,1-4H3,(H,21,23,25)(H,22,24,26). The van der Waals surface area contributed by atoms with Crippen molar-refractivity contribution in [1.29, 1.82) is 0 Å². The molecule has 0 aliphatic rings. The van der Waals surface area contributed by atoms with Crippen molar-refractivity contribution in [2.75, 3.05) is 39.1 Å². The number of nitrogens with one attached hydrogen (secondary N) is 2. The van der Waals surface area contributed by atoms with Crippen LogP contribution in [0.4, 0.5) is 11.6 Å². The minimum Gasteiger partial charge on any atom is -0.481 e. The molecule has 0 bridgehead atoms. The highest BCUT2D eigenvalue weighted by Gasteiger charge is 2.17. The maximum absolute atomic E-state index is 6.20. The molecule has 30 heavy (non-hydrogen) atoms. The van der Waals surface area contributed by atoms with E-state index in [0.29, 0.717) is 28.4 Å². The lowest BCUT2D eigenvalue weighted by molar-refractivity contribution is 0.352. The first kappa shape index (κ1) is 21.2. The number of hydrogen-bond donors (Lipinski definition) is 2. The Labute approximate surface area is 178 Å². The second-order valence-corrected chi connectivity index (χ2v) is 6.28. The Bertz CT molecular complexity index is 905. The summed E-state index contributed by atoms with van der Waals surface area (Å²) in [5, 5.41) is 7.13. The zero-order valence-electron chi connectivity index (χ0n) is 16.8. The molecular formula is C19H21ClN6O4. The zero-order chi connectivity index (χ0) is 21.5. The van der Waals surface area contributed by atoms with E-state index >= 15 is 0 Å². The third kappa shape index (κ3) is 5.29. The minimum atomic E-state index is -0.489. The van der Waals surface area contributed by atoms with E-state index in [0.717, 1.165) is 5.56 Å². The first-order chi connectivity index (χ1) is 14.5. The Kier molecular flexibility index (Phi) is 6.91. The Morgan fingerprint density at radius 1 is 0.733 bits per heavy atom. The smallest absolute Gasteiger partial charge is 0.321 e. The van der Waals surface area contributed by atoms with E-state index in [2.05, 4.69) is 30.6 Å². The minimum absolute atomic E-state index is 0.159. The summed E-state index contributed by atoms with van der Waals surface area (Å²) >= 11 is 6.20. The number of methoxy groups -OCH3 is 4. The van der Waals surface area contributed by atoms with E-state index in [1.807, 2.05) is 18.2 Å². The van der Waals surface area contributed by atoms with Crippen LogP contribution in [0.2, 0.25) is 5.02 Å². The highest BCUT2D eigenvalue weighted by Crippen LogP contribution is 2.27. The predicted octanol–water partition coefficient (Wildman–Crippen LogP) is 3.18. The molecule has 0 fully saturated rings. The zero-order valence-corrected chi connectivity index (χ0v) is 17.6. The van der Waals surface area contributed by atoms with Gasteiger partial charge in [0.15, 0.2) is 0 Å². The highest BCUT2D eigenvalue weighted by atomic mass is 35.5. The number of ether oxygens (including phenoxy) is 4. The Morgan fingerprint density at radius 3 is 1.70 bits per heavy atom. The van der Waals surface area contributed by atoms with Crippen molar-refractivity contribution in [3.63, 3.8) is 0 Å². The maximum Gasteiger partial charge on any atom is 0.321 e. The first-order valence-corrected chi connectivity index (χ1v) is 9.15. The first-order valence-electron chi connectivity index (χ1n) is 8.77. The number of rotatable bonds is 9. The summed E-state index contributed by atoms with van der Waals surface area (Å²) in [4.78, 5) is 16.8. The molecule has 158 valence electrons. The molecule has 2 heterocycles. The molecule has 3 aromatic rings. The van der Waals surface area contributed by atoms with Gasteiger partial charge in [-0.3, -0.25) is 0 Å². The highest BCUT2D eigenvalue weighted by molar-refractivity contribution is 6.30. The number of hydrogen-bond acceptors (Lipinski definition) is 10. The van der Waals surface area contributed by atoms with Crippen molar-refractivity contribution < 1.29 is 18.9 Å². The van der Waals surface area contributed by atoms with Crippen LogP contribution in [0.15, 0.2) is 36.4 Å². The van der Waals surface area contributed by atoms with Crippen LogP contribution in [-0.2, 0) is 0 Å². The lowest BCUT2D eigenvalue weighted by Crippen LogP contribution is -2.21. The van der Waals surface area contributed by atoms with Gasteiger partial charge >= 0.3 is 12.0 Å². The number of benzene rings is 1. The largest absolute Gasteiger partial charge is 0.481 e. The molecule has 0 spiro atoms. The second-order valence-electron chi connectivity index (χ2n) is 5.84. The van der Waals surface area contributed by atoms with Crippen molar-refractivity contribution in [3.05, 3.63) is 47.0 Å². The predicted molar refractivity (Wildman–Crippen MR) is 112 cm³/mol. The fraction of sp³-hybridized carbons (Fsp3) is 0.263. The summed E-state index contributed by atoms with van der Waals surface area (Å²) < 4.78 is 20.7. The quantitative estimate of drug-likeness (QED) is 0.488. The van der Waals surface area contributed by atoms with E-state index in [-0.39, 0.29) is 12.0 Å². The number of nitrogens with zero attached hydrogens (tertiary/aromatic N) is 4. The van der Waals surface area contributed by atoms with E-state index < -0.39 is 6.17 Å². The summed E-state index contributed by atoms with van der Waals surface area (Å²) in [6.07, 6.45) is -0.489. The van der Waals surface area contributed by atoms with Gasteiger partial charge in [-0.15, -0.1) is 0 Å². The normalized spacial score (nSPS) is 10.5. The topological polar surface area (TPSA) is 113 Å². The summed E-state index contributed by atoms with van der Waals surface area (Å²) in [6.45, 7) is 0. The summed E-state index contributed by atoms with van der Waals surface area (Å²) in [7, 11) is 5.98. The molecular weight excluding hydrogens is 412 g/mol. The third-order valence-corrected chi connectivity index (χ3v) is 4.15. The van der Waals surface area contributed by atoms with E-state index in [1.165, 1.54) is 28.4 Å². The van der Waals surface area contributed by atoms with Gasteiger partial charge in [0, 0.05) is 17.2 Å². The Balaban J connectivity index is 1.98. The Hall–Kier alpha value is -3.53. The molecule has 11 heteroatoms. The molecule has 0 amide bonds. The summed E-state index contributed by atoms with van der Waals surface area (Å²) in [5.74, 6) is 1.62. The van der Waals surface area contributed by atoms with Gasteiger partial charge in [-0.25, -0.2) is 0 Å². The molecule has 1 aromatic carbocycles. The van der Waals surface area contributed by atoms with Crippen molar-refractivity contribution >= 4 is 23.2 Å². The van der Waals surface area contributed by atoms with E-state index in [9.17, 15) is 0 Å². The van der Waals surface area contributed by atoms with Crippen molar-refractivity contribution in [2.45, 2.75) is 6.17 Å². The molecule has 0 aliphatic carbocycles. The fourth-order valence-electron chi connectivity index (χ4n) is 2.53. The molecule has 0 saturated carbocycles. The van der Waals surface area contributed by atoms with E-state index in [4.69, 9.17) is 30.5 Å². The van der Waals surface area contributed by atoms with Crippen molar-refractivity contribution in [2.24, 2.45) is 0 Å². The molecule has 2 N–H and O–H groups in total. The third-order valence-electron chi connectivity index (χ3n) is 3.91. The average molecular weight is 433 g/mol. The number of anilines is 2. The van der Waals surface area contributed by atoms with Crippen LogP contribution in [0.5, 0.6) is 23.8 Å². The van der Waals surface area contributed by atoms with Crippen molar-refractivity contribution in [3.8, 4) is 23.8 Å². The van der Waals surface area contributed by atoms with Crippen LogP contribution in [-0.4, -0.2) is 48.4 Å². The molecule has 10 nitrogen and oxygen atoms in total. The van der Waals surface area contributed by atoms with Crippen LogP contribution >= 0.6 is 11.6 Å². The molecule has 0 radical (unpaired) electrons. The summed E-state index contributed by atoms with van der Waals surface area (Å²) in [6, 6.07) is 11.0. The van der Waals surface area contributed by atoms with Crippen LogP contribution in [0.1, 0.15) is 11.7 Å². The number of halogens is 1. The van der Waals surface area contributed by atoms with Crippen molar-refractivity contribution in [1.82, 2.24) is 19.9 Å². The lowest BCUT2D eigenvalue weighted by atomic mass is 10.1. The molecule has 0 unspecified atom stereocenters. The molecule has 0 saturated heterocycles. The molecule has 2 aromatic heterocycles. The van der Waals surface area contributed by atoms with Gasteiger partial charge in [-0.1, -0.05) is 23.7 Å². The molecule has 3 rings (SSSR count). The van der Waals surface area contributed by atoms with Gasteiger partial charge in [0.05, 0.1) is 28.4 Å². The van der Waals surface area contributed by atoms with Gasteiger partial charge in [0.1, 0.15) is 17.8 Å².